The fraction of sp³-hybridized carbons (Fsp3) is 0.176. The number of carbonyl (C=O) groups is 2. The van der Waals surface area contributed by atoms with E-state index in [0.717, 1.165) is 18.1 Å². The molecule has 0 aliphatic carbocycles. The molecule has 0 saturated carbocycles. The van der Waals surface area contributed by atoms with E-state index in [4.69, 9.17) is 9.84 Å². The fourth-order valence-corrected chi connectivity index (χ4v) is 1.92. The highest BCUT2D eigenvalue weighted by Gasteiger charge is 2.15. The van der Waals surface area contributed by atoms with Crippen LogP contribution in [0.4, 0.5) is 5.69 Å². The summed E-state index contributed by atoms with van der Waals surface area (Å²) in [5.41, 5.74) is 1.64. The van der Waals surface area contributed by atoms with Crippen molar-refractivity contribution in [2.75, 3.05) is 11.9 Å². The van der Waals surface area contributed by atoms with E-state index in [9.17, 15) is 14.7 Å². The van der Waals surface area contributed by atoms with Crippen molar-refractivity contribution in [3.8, 4) is 11.5 Å². The first-order valence-corrected chi connectivity index (χ1v) is 7.07. The molecule has 0 heterocycles. The molecular formula is C17H17NO5. The van der Waals surface area contributed by atoms with Gasteiger partial charge in [0.15, 0.2) is 6.61 Å². The van der Waals surface area contributed by atoms with E-state index in [0.29, 0.717) is 5.69 Å². The Kier molecular flexibility index (Phi) is 5.19. The second kappa shape index (κ2) is 7.31. The van der Waals surface area contributed by atoms with Crippen LogP contribution in [0.3, 0.4) is 0 Å². The van der Waals surface area contributed by atoms with Crippen LogP contribution in [0.1, 0.15) is 22.8 Å². The predicted molar refractivity (Wildman–Crippen MR) is 84.5 cm³/mol. The Labute approximate surface area is 133 Å². The Hall–Kier alpha value is -3.02. The highest BCUT2D eigenvalue weighted by Crippen LogP contribution is 2.23. The maximum absolute atomic E-state index is 11.8. The van der Waals surface area contributed by atoms with E-state index in [1.54, 1.807) is 12.1 Å². The predicted octanol–water partition coefficient (Wildman–Crippen LogP) is 2.46. The summed E-state index contributed by atoms with van der Waals surface area (Å²) in [4.78, 5) is 23.5. The van der Waals surface area contributed by atoms with Gasteiger partial charge in [-0.3, -0.25) is 4.79 Å². The molecule has 3 N–H and O–H groups in total. The second-order valence-corrected chi connectivity index (χ2v) is 4.88. The van der Waals surface area contributed by atoms with Crippen molar-refractivity contribution < 1.29 is 24.5 Å². The smallest absolute Gasteiger partial charge is 0.342 e. The van der Waals surface area contributed by atoms with Crippen LogP contribution in [0.5, 0.6) is 11.5 Å². The van der Waals surface area contributed by atoms with E-state index in [1.165, 1.54) is 12.1 Å². The van der Waals surface area contributed by atoms with Crippen LogP contribution in [0.2, 0.25) is 0 Å². The van der Waals surface area contributed by atoms with Gasteiger partial charge in [-0.25, -0.2) is 4.79 Å². The molecule has 0 unspecified atom stereocenters. The van der Waals surface area contributed by atoms with Crippen LogP contribution in [-0.2, 0) is 16.0 Å². The number of benzene rings is 2. The molecular weight excluding hydrogens is 298 g/mol. The third-order valence-electron chi connectivity index (χ3n) is 3.18. The zero-order valence-electron chi connectivity index (χ0n) is 12.6. The van der Waals surface area contributed by atoms with E-state index in [-0.39, 0.29) is 11.3 Å². The molecule has 0 bridgehead atoms. The molecule has 6 nitrogen and oxygen atoms in total. The zero-order chi connectivity index (χ0) is 16.8. The minimum atomic E-state index is -0.848. The lowest BCUT2D eigenvalue weighted by Crippen LogP contribution is -2.21. The van der Waals surface area contributed by atoms with Crippen LogP contribution in [0.25, 0.3) is 0 Å². The SMILES string of the molecule is CCc1ccc(NC(=O)COC(=O)c2ccc(O)cc2O)cc1. The van der Waals surface area contributed by atoms with E-state index < -0.39 is 24.2 Å². The maximum Gasteiger partial charge on any atom is 0.342 e. The first-order valence-electron chi connectivity index (χ1n) is 7.07. The van der Waals surface area contributed by atoms with Gasteiger partial charge < -0.3 is 20.3 Å². The van der Waals surface area contributed by atoms with Gasteiger partial charge >= 0.3 is 5.97 Å². The zero-order valence-corrected chi connectivity index (χ0v) is 12.6. The van der Waals surface area contributed by atoms with Crippen LogP contribution in [0.15, 0.2) is 42.5 Å². The highest BCUT2D eigenvalue weighted by molar-refractivity contribution is 5.96. The summed E-state index contributed by atoms with van der Waals surface area (Å²) in [5, 5.41) is 21.3. The van der Waals surface area contributed by atoms with Gasteiger partial charge in [-0.1, -0.05) is 19.1 Å². The van der Waals surface area contributed by atoms with Gasteiger partial charge in [0.25, 0.3) is 5.91 Å². The summed E-state index contributed by atoms with van der Waals surface area (Å²) in [6, 6.07) is 10.8. The quantitative estimate of drug-likeness (QED) is 0.737. The number of ether oxygens (including phenoxy) is 1. The van der Waals surface area contributed by atoms with Crippen LogP contribution >= 0.6 is 0 Å². The Morgan fingerprint density at radius 2 is 1.78 bits per heavy atom. The monoisotopic (exact) mass is 315 g/mol. The number of phenols is 2. The fourth-order valence-electron chi connectivity index (χ4n) is 1.92. The summed E-state index contributed by atoms with van der Waals surface area (Å²) in [6.45, 7) is 1.56. The Balaban J connectivity index is 1.89. The lowest BCUT2D eigenvalue weighted by Gasteiger charge is -2.08. The molecule has 0 fully saturated rings. The van der Waals surface area contributed by atoms with Crippen molar-refractivity contribution in [2.45, 2.75) is 13.3 Å². The van der Waals surface area contributed by atoms with Crippen molar-refractivity contribution in [2.24, 2.45) is 0 Å². The van der Waals surface area contributed by atoms with Crippen molar-refractivity contribution in [1.82, 2.24) is 0 Å². The Morgan fingerprint density at radius 1 is 1.09 bits per heavy atom. The van der Waals surface area contributed by atoms with Crippen molar-refractivity contribution in [3.63, 3.8) is 0 Å². The van der Waals surface area contributed by atoms with Gasteiger partial charge in [-0.2, -0.15) is 0 Å². The molecule has 0 radical (unpaired) electrons. The number of hydrogen-bond donors (Lipinski definition) is 3. The number of rotatable bonds is 5. The molecule has 0 atom stereocenters. The number of nitrogens with one attached hydrogen (secondary N) is 1. The van der Waals surface area contributed by atoms with Crippen molar-refractivity contribution in [1.29, 1.82) is 0 Å². The number of anilines is 1. The average molecular weight is 315 g/mol. The second-order valence-electron chi connectivity index (χ2n) is 4.88. The van der Waals surface area contributed by atoms with Gasteiger partial charge in [-0.05, 0) is 36.2 Å². The molecule has 2 aromatic rings. The first-order chi connectivity index (χ1) is 11.0. The van der Waals surface area contributed by atoms with Crippen LogP contribution in [-0.4, -0.2) is 28.7 Å². The number of aryl methyl sites for hydroxylation is 1. The van der Waals surface area contributed by atoms with Gasteiger partial charge in [0.1, 0.15) is 17.1 Å². The first kappa shape index (κ1) is 16.4. The Bertz CT molecular complexity index is 709. The van der Waals surface area contributed by atoms with Gasteiger partial charge in [0.2, 0.25) is 0 Å². The standard InChI is InChI=1S/C17H17NO5/c1-2-11-3-5-12(6-4-11)18-16(21)10-23-17(22)14-8-7-13(19)9-15(14)20/h3-9,19-20H,2,10H2,1H3,(H,18,21). The molecule has 6 heteroatoms. The molecule has 120 valence electrons. The molecule has 2 aromatic carbocycles. The Morgan fingerprint density at radius 3 is 2.39 bits per heavy atom. The molecule has 0 saturated heterocycles. The lowest BCUT2D eigenvalue weighted by molar-refractivity contribution is -0.119. The summed E-state index contributed by atoms with van der Waals surface area (Å²) in [5.74, 6) is -1.92. The maximum atomic E-state index is 11.8. The molecule has 2 rings (SSSR count). The van der Waals surface area contributed by atoms with Gasteiger partial charge in [-0.15, -0.1) is 0 Å². The van der Waals surface area contributed by atoms with E-state index >= 15 is 0 Å². The summed E-state index contributed by atoms with van der Waals surface area (Å²) in [7, 11) is 0. The van der Waals surface area contributed by atoms with E-state index in [2.05, 4.69) is 5.32 Å². The molecule has 0 aliphatic rings. The van der Waals surface area contributed by atoms with Crippen molar-refractivity contribution in [3.05, 3.63) is 53.6 Å². The van der Waals surface area contributed by atoms with Crippen LogP contribution in [0, 0.1) is 0 Å². The third-order valence-corrected chi connectivity index (χ3v) is 3.18. The third kappa shape index (κ3) is 4.47. The molecule has 1 amide bonds. The number of carbonyl (C=O) groups excluding carboxylic acids is 2. The highest BCUT2D eigenvalue weighted by atomic mass is 16.5. The summed E-state index contributed by atoms with van der Waals surface area (Å²) < 4.78 is 4.84. The molecule has 0 spiro atoms. The number of hydrogen-bond acceptors (Lipinski definition) is 5. The number of phenolic OH excluding ortho intramolecular Hbond substituents is 2. The molecule has 23 heavy (non-hydrogen) atoms. The molecule has 0 aromatic heterocycles. The van der Waals surface area contributed by atoms with Gasteiger partial charge in [0, 0.05) is 11.8 Å². The topological polar surface area (TPSA) is 95.9 Å². The number of aromatic hydroxyl groups is 2. The normalized spacial score (nSPS) is 10.1. The van der Waals surface area contributed by atoms with Gasteiger partial charge in [0.05, 0.1) is 0 Å². The summed E-state index contributed by atoms with van der Waals surface area (Å²) in [6.07, 6.45) is 0.905. The lowest BCUT2D eigenvalue weighted by atomic mass is 10.1. The minimum Gasteiger partial charge on any atom is -0.508 e. The number of esters is 1. The van der Waals surface area contributed by atoms with Crippen LogP contribution < -0.4 is 5.32 Å². The summed E-state index contributed by atoms with van der Waals surface area (Å²) >= 11 is 0. The number of amides is 1. The van der Waals surface area contributed by atoms with E-state index in [1.807, 2.05) is 19.1 Å². The van der Waals surface area contributed by atoms with Crippen molar-refractivity contribution >= 4 is 17.6 Å². The largest absolute Gasteiger partial charge is 0.508 e. The average Bonchev–Trinajstić information content (AvgIpc) is 2.53. The molecule has 0 aliphatic heterocycles. The minimum absolute atomic E-state index is 0.122.